The normalized spacial score (nSPS) is 11.6. The molecule has 0 spiro atoms. The molecule has 194 valence electrons. The molecule has 0 fully saturated rings. The molecule has 0 saturated carbocycles. The highest BCUT2D eigenvalue weighted by molar-refractivity contribution is 7.92. The maximum absolute atomic E-state index is 15.4. The lowest BCUT2D eigenvalue weighted by Crippen LogP contribution is -2.27. The monoisotopic (exact) mass is 537 g/mol. The van der Waals surface area contributed by atoms with Gasteiger partial charge in [-0.2, -0.15) is 0 Å². The van der Waals surface area contributed by atoms with Gasteiger partial charge in [-0.3, -0.25) is 9.10 Å². The number of hydrogen-bond donors (Lipinski definition) is 0. The fraction of sp³-hybridized carbons (Fsp3) is 0.111. The summed E-state index contributed by atoms with van der Waals surface area (Å²) in [5, 5.41) is 4.48. The third-order valence-electron chi connectivity index (χ3n) is 6.31. The van der Waals surface area contributed by atoms with Crippen LogP contribution in [-0.4, -0.2) is 32.3 Å². The number of fused-ring (bicyclic) bond motifs is 1. The van der Waals surface area contributed by atoms with Crippen molar-refractivity contribution in [2.45, 2.75) is 4.90 Å². The van der Waals surface area contributed by atoms with E-state index in [2.05, 4.69) is 5.16 Å². The number of aromatic nitrogens is 2. The Bertz CT molecular complexity index is 1850. The first-order chi connectivity index (χ1) is 18.1. The third kappa shape index (κ3) is 4.20. The molecule has 2 aromatic heterocycles. The molecular formula is C27H21F2N3O5S. The second-order valence-corrected chi connectivity index (χ2v) is 10.5. The van der Waals surface area contributed by atoms with E-state index in [0.717, 1.165) is 4.31 Å². The van der Waals surface area contributed by atoms with Crippen LogP contribution in [0.2, 0.25) is 0 Å². The molecule has 0 aliphatic rings. The van der Waals surface area contributed by atoms with Gasteiger partial charge in [0.05, 0.1) is 17.7 Å². The van der Waals surface area contributed by atoms with E-state index in [1.807, 2.05) is 0 Å². The summed E-state index contributed by atoms with van der Waals surface area (Å²) in [6.07, 6.45) is 1.25. The highest BCUT2D eigenvalue weighted by Crippen LogP contribution is 2.39. The van der Waals surface area contributed by atoms with Gasteiger partial charge in [0.15, 0.2) is 5.82 Å². The smallest absolute Gasteiger partial charge is 0.265 e. The minimum Gasteiger partial charge on any atom is -0.496 e. The molecule has 0 bridgehead atoms. The van der Waals surface area contributed by atoms with Crippen LogP contribution in [0.25, 0.3) is 33.2 Å². The third-order valence-corrected chi connectivity index (χ3v) is 8.07. The Morgan fingerprint density at radius 1 is 1.00 bits per heavy atom. The topological polar surface area (TPSA) is 94.6 Å². The molecule has 5 rings (SSSR count). The SMILES string of the molecule is COc1cc(-c2cccc(F)c2)c(F)cc1-c1c2ccc(S(=O)(=O)N(C)c3ccon3)cc2cc(=O)n1C. The standard InChI is InChI=1S/C27H21F2N3O5S/c1-31-26(33)13-17-12-19(38(34,35)32(2)25-9-10-37-30-25)7-8-20(17)27(31)22-14-23(29)21(15-24(22)36-3)16-5-4-6-18(28)11-16/h4-15H,1-3H3. The maximum atomic E-state index is 15.4. The zero-order valence-electron chi connectivity index (χ0n) is 20.5. The van der Waals surface area contributed by atoms with Crippen molar-refractivity contribution in [1.29, 1.82) is 0 Å². The predicted octanol–water partition coefficient (Wildman–Crippen LogP) is 4.97. The molecule has 11 heteroatoms. The number of pyridine rings is 1. The number of sulfonamides is 1. The zero-order valence-corrected chi connectivity index (χ0v) is 21.3. The molecule has 0 atom stereocenters. The van der Waals surface area contributed by atoms with Gasteiger partial charge in [-0.05, 0) is 47.3 Å². The number of halogens is 2. The van der Waals surface area contributed by atoms with Gasteiger partial charge in [0.1, 0.15) is 23.6 Å². The Labute approximate surface area is 216 Å². The quantitative estimate of drug-likeness (QED) is 0.304. The van der Waals surface area contributed by atoms with Crippen LogP contribution < -0.4 is 14.6 Å². The fourth-order valence-electron chi connectivity index (χ4n) is 4.32. The summed E-state index contributed by atoms with van der Waals surface area (Å²) in [4.78, 5) is 12.8. The lowest BCUT2D eigenvalue weighted by atomic mass is 9.98. The Morgan fingerprint density at radius 3 is 2.47 bits per heavy atom. The predicted molar refractivity (Wildman–Crippen MR) is 139 cm³/mol. The highest BCUT2D eigenvalue weighted by Gasteiger charge is 2.25. The molecule has 0 unspecified atom stereocenters. The molecule has 0 radical (unpaired) electrons. The van der Waals surface area contributed by atoms with Gasteiger partial charge >= 0.3 is 0 Å². The Hall–Kier alpha value is -4.51. The zero-order chi connectivity index (χ0) is 27.2. The maximum Gasteiger partial charge on any atom is 0.265 e. The summed E-state index contributed by atoms with van der Waals surface area (Å²) in [5.41, 5.74) is 0.599. The fourth-order valence-corrected chi connectivity index (χ4v) is 5.49. The lowest BCUT2D eigenvalue weighted by molar-refractivity contribution is 0.415. The number of ether oxygens (including phenoxy) is 1. The van der Waals surface area contributed by atoms with Crippen molar-refractivity contribution in [3.8, 4) is 28.1 Å². The number of hydrogen-bond acceptors (Lipinski definition) is 6. The van der Waals surface area contributed by atoms with Gasteiger partial charge in [-0.1, -0.05) is 23.4 Å². The largest absolute Gasteiger partial charge is 0.496 e. The van der Waals surface area contributed by atoms with Gasteiger partial charge in [-0.25, -0.2) is 17.2 Å². The molecule has 3 aromatic carbocycles. The summed E-state index contributed by atoms with van der Waals surface area (Å²) >= 11 is 0. The van der Waals surface area contributed by atoms with Gasteiger partial charge in [0.25, 0.3) is 15.6 Å². The summed E-state index contributed by atoms with van der Waals surface area (Å²) < 4.78 is 68.1. The van der Waals surface area contributed by atoms with Crippen molar-refractivity contribution < 1.29 is 26.5 Å². The molecule has 8 nitrogen and oxygen atoms in total. The summed E-state index contributed by atoms with van der Waals surface area (Å²) in [5.74, 6) is -0.824. The van der Waals surface area contributed by atoms with Gasteiger partial charge in [0.2, 0.25) is 0 Å². The van der Waals surface area contributed by atoms with E-state index in [1.54, 1.807) is 12.1 Å². The average Bonchev–Trinajstić information content (AvgIpc) is 3.43. The van der Waals surface area contributed by atoms with Crippen molar-refractivity contribution in [2.75, 3.05) is 18.5 Å². The van der Waals surface area contributed by atoms with Gasteiger partial charge < -0.3 is 13.8 Å². The molecule has 0 aliphatic heterocycles. The number of nitrogens with zero attached hydrogens (tertiary/aromatic N) is 3. The van der Waals surface area contributed by atoms with E-state index in [9.17, 15) is 17.6 Å². The molecule has 0 aliphatic carbocycles. The van der Waals surface area contributed by atoms with Crippen molar-refractivity contribution in [3.63, 3.8) is 0 Å². The van der Waals surface area contributed by atoms with Crippen molar-refractivity contribution in [3.05, 3.63) is 95.0 Å². The first kappa shape index (κ1) is 25.2. The van der Waals surface area contributed by atoms with Crippen LogP contribution in [0.4, 0.5) is 14.6 Å². The second kappa shape index (κ2) is 9.42. The van der Waals surface area contributed by atoms with Crippen LogP contribution in [0.5, 0.6) is 5.75 Å². The molecule has 0 saturated heterocycles. The minimum atomic E-state index is -4.03. The van der Waals surface area contributed by atoms with Crippen LogP contribution >= 0.6 is 0 Å². The molecule has 38 heavy (non-hydrogen) atoms. The molecule has 0 amide bonds. The summed E-state index contributed by atoms with van der Waals surface area (Å²) in [6.45, 7) is 0. The summed E-state index contributed by atoms with van der Waals surface area (Å²) in [7, 11) is 0.236. The van der Waals surface area contributed by atoms with E-state index >= 15 is 4.39 Å². The Morgan fingerprint density at radius 2 is 1.79 bits per heavy atom. The first-order valence-corrected chi connectivity index (χ1v) is 12.7. The van der Waals surface area contributed by atoms with Crippen LogP contribution in [0.15, 0.2) is 87.2 Å². The van der Waals surface area contributed by atoms with Gasteiger partial charge in [0, 0.05) is 42.7 Å². The molecular weight excluding hydrogens is 516 g/mol. The van der Waals surface area contributed by atoms with Crippen LogP contribution in [0, 0.1) is 11.6 Å². The molecule has 2 heterocycles. The van der Waals surface area contributed by atoms with E-state index in [1.165, 1.54) is 86.6 Å². The van der Waals surface area contributed by atoms with E-state index < -0.39 is 27.2 Å². The van der Waals surface area contributed by atoms with E-state index in [0.29, 0.717) is 22.0 Å². The van der Waals surface area contributed by atoms with E-state index in [-0.39, 0.29) is 27.6 Å². The second-order valence-electron chi connectivity index (χ2n) is 8.51. The Kier molecular flexibility index (Phi) is 6.23. The number of methoxy groups -OCH3 is 1. The first-order valence-electron chi connectivity index (χ1n) is 11.3. The number of benzene rings is 3. The van der Waals surface area contributed by atoms with Crippen LogP contribution in [-0.2, 0) is 17.1 Å². The number of rotatable bonds is 6. The summed E-state index contributed by atoms with van der Waals surface area (Å²) in [6, 6.07) is 15.2. The highest BCUT2D eigenvalue weighted by atomic mass is 32.2. The molecule has 0 N–H and O–H groups in total. The van der Waals surface area contributed by atoms with E-state index in [4.69, 9.17) is 9.26 Å². The van der Waals surface area contributed by atoms with Crippen LogP contribution in [0.3, 0.4) is 0 Å². The lowest BCUT2D eigenvalue weighted by Gasteiger charge is -2.19. The van der Waals surface area contributed by atoms with Crippen LogP contribution in [0.1, 0.15) is 0 Å². The molecule has 5 aromatic rings. The number of anilines is 1. The Balaban J connectivity index is 1.70. The van der Waals surface area contributed by atoms with Crippen molar-refractivity contribution >= 4 is 26.6 Å². The van der Waals surface area contributed by atoms with Gasteiger partial charge in [-0.15, -0.1) is 0 Å². The van der Waals surface area contributed by atoms with Crippen molar-refractivity contribution in [1.82, 2.24) is 9.72 Å². The average molecular weight is 538 g/mol. The minimum absolute atomic E-state index is 0.0747. The van der Waals surface area contributed by atoms with Crippen molar-refractivity contribution in [2.24, 2.45) is 7.05 Å².